The number of ether oxygens (including phenoxy) is 1. The second-order valence-corrected chi connectivity index (χ2v) is 8.30. The Morgan fingerprint density at radius 1 is 1.16 bits per heavy atom. The maximum Gasteiger partial charge on any atom is 0.339 e. The van der Waals surface area contributed by atoms with E-state index in [0.717, 1.165) is 47.0 Å². The molecule has 0 N–H and O–H groups in total. The highest BCUT2D eigenvalue weighted by Crippen LogP contribution is 2.32. The van der Waals surface area contributed by atoms with Gasteiger partial charge in [0.1, 0.15) is 0 Å². The van der Waals surface area contributed by atoms with Crippen molar-refractivity contribution in [1.82, 2.24) is 15.2 Å². The molecule has 1 unspecified atom stereocenters. The van der Waals surface area contributed by atoms with Crippen LogP contribution in [-0.2, 0) is 24.2 Å². The summed E-state index contributed by atoms with van der Waals surface area (Å²) in [6.07, 6.45) is 2.76. The molecule has 5 rings (SSSR count). The second-order valence-electron chi connectivity index (χ2n) is 7.86. The van der Waals surface area contributed by atoms with Gasteiger partial charge in [-0.1, -0.05) is 36.7 Å². The van der Waals surface area contributed by atoms with Crippen molar-refractivity contribution in [1.29, 1.82) is 0 Å². The molecule has 0 radical (unpaired) electrons. The summed E-state index contributed by atoms with van der Waals surface area (Å²) in [5.74, 6) is 0.692. The van der Waals surface area contributed by atoms with Crippen molar-refractivity contribution >= 4 is 28.5 Å². The molecule has 0 spiro atoms. The van der Waals surface area contributed by atoms with Crippen LogP contribution in [-0.4, -0.2) is 21.2 Å². The monoisotopic (exact) mass is 433 g/mol. The van der Waals surface area contributed by atoms with Gasteiger partial charge in [-0.25, -0.2) is 4.79 Å². The molecule has 0 saturated heterocycles. The molecule has 1 aliphatic rings. The maximum absolute atomic E-state index is 13.2. The summed E-state index contributed by atoms with van der Waals surface area (Å²) >= 11 is 5.92. The molecule has 0 bridgehead atoms. The van der Waals surface area contributed by atoms with Gasteiger partial charge in [-0.2, -0.15) is 0 Å². The zero-order valence-corrected chi connectivity index (χ0v) is 17.7. The third-order valence-electron chi connectivity index (χ3n) is 5.59. The van der Waals surface area contributed by atoms with Crippen LogP contribution in [0, 0.1) is 5.92 Å². The summed E-state index contributed by atoms with van der Waals surface area (Å²) in [6.45, 7) is 2.10. The van der Waals surface area contributed by atoms with Crippen molar-refractivity contribution in [2.45, 2.75) is 32.8 Å². The van der Waals surface area contributed by atoms with Crippen molar-refractivity contribution in [2.24, 2.45) is 5.92 Å². The largest absolute Gasteiger partial charge is 0.452 e. The molecule has 0 aliphatic heterocycles. The van der Waals surface area contributed by atoms with Crippen LogP contribution in [0.15, 0.2) is 52.9 Å². The molecule has 0 amide bonds. The molecular weight excluding hydrogens is 414 g/mol. The average molecular weight is 434 g/mol. The summed E-state index contributed by atoms with van der Waals surface area (Å²) in [5, 5.41) is 9.48. The predicted molar refractivity (Wildman–Crippen MR) is 117 cm³/mol. The minimum Gasteiger partial charge on any atom is -0.452 e. The number of pyridine rings is 1. The standard InChI is InChI=1S/C24H20ClN3O3/c1-14-6-11-20-18(12-14)22(17-4-2-3-5-19(17)26-20)24(29)30-13-21-27-28-23(31-21)15-7-9-16(25)10-8-15/h2-5,7-10,14H,6,11-13H2,1H3. The molecular formula is C24H20ClN3O3. The topological polar surface area (TPSA) is 78.1 Å². The van der Waals surface area contributed by atoms with E-state index in [1.165, 1.54) is 0 Å². The normalized spacial score (nSPS) is 15.6. The molecule has 0 fully saturated rings. The Hall–Kier alpha value is -3.25. The van der Waals surface area contributed by atoms with Crippen LogP contribution in [0.25, 0.3) is 22.4 Å². The summed E-state index contributed by atoms with van der Waals surface area (Å²) in [5.41, 5.74) is 4.15. The Labute approximate surface area is 184 Å². The van der Waals surface area contributed by atoms with Gasteiger partial charge < -0.3 is 9.15 Å². The number of carbonyl (C=O) groups is 1. The van der Waals surface area contributed by atoms with E-state index in [9.17, 15) is 4.79 Å². The number of carbonyl (C=O) groups excluding carboxylic acids is 1. The van der Waals surface area contributed by atoms with E-state index in [2.05, 4.69) is 17.1 Å². The van der Waals surface area contributed by atoms with Gasteiger partial charge in [0.15, 0.2) is 6.61 Å². The fourth-order valence-electron chi connectivity index (χ4n) is 4.02. The van der Waals surface area contributed by atoms with E-state index in [1.54, 1.807) is 24.3 Å². The van der Waals surface area contributed by atoms with E-state index < -0.39 is 5.97 Å². The number of aryl methyl sites for hydroxylation is 1. The summed E-state index contributed by atoms with van der Waals surface area (Å²) < 4.78 is 11.3. The number of aromatic nitrogens is 3. The van der Waals surface area contributed by atoms with Crippen LogP contribution in [0.3, 0.4) is 0 Å². The number of halogens is 1. The molecule has 2 aromatic heterocycles. The Balaban J connectivity index is 1.41. The molecule has 31 heavy (non-hydrogen) atoms. The van der Waals surface area contributed by atoms with Crippen molar-refractivity contribution in [3.8, 4) is 11.5 Å². The Kier molecular flexibility index (Phi) is 5.16. The first-order valence-corrected chi connectivity index (χ1v) is 10.6. The first-order valence-electron chi connectivity index (χ1n) is 10.2. The number of benzene rings is 2. The van der Waals surface area contributed by atoms with Crippen molar-refractivity contribution in [2.75, 3.05) is 0 Å². The van der Waals surface area contributed by atoms with Crippen LogP contribution in [0.4, 0.5) is 0 Å². The zero-order valence-electron chi connectivity index (χ0n) is 17.0. The van der Waals surface area contributed by atoms with Crippen LogP contribution in [0.2, 0.25) is 5.02 Å². The summed E-state index contributed by atoms with van der Waals surface area (Å²) in [4.78, 5) is 18.0. The zero-order chi connectivity index (χ0) is 21.4. The van der Waals surface area contributed by atoms with E-state index >= 15 is 0 Å². The van der Waals surface area contributed by atoms with Crippen molar-refractivity contribution < 1.29 is 13.9 Å². The molecule has 4 aromatic rings. The molecule has 2 heterocycles. The molecule has 1 atom stereocenters. The Morgan fingerprint density at radius 2 is 1.97 bits per heavy atom. The first kappa shape index (κ1) is 19.7. The van der Waals surface area contributed by atoms with E-state index in [-0.39, 0.29) is 12.5 Å². The summed E-state index contributed by atoms with van der Waals surface area (Å²) in [7, 11) is 0. The summed E-state index contributed by atoms with van der Waals surface area (Å²) in [6, 6.07) is 14.8. The van der Waals surface area contributed by atoms with Crippen molar-refractivity contribution in [3.63, 3.8) is 0 Å². The van der Waals surface area contributed by atoms with E-state index in [1.807, 2.05) is 24.3 Å². The lowest BCUT2D eigenvalue weighted by Crippen LogP contribution is -2.19. The lowest BCUT2D eigenvalue weighted by Gasteiger charge is -2.24. The van der Waals surface area contributed by atoms with Gasteiger partial charge in [0.05, 0.1) is 11.1 Å². The average Bonchev–Trinajstić information content (AvgIpc) is 3.25. The first-order chi connectivity index (χ1) is 15.1. The molecule has 1 aliphatic carbocycles. The fourth-order valence-corrected chi connectivity index (χ4v) is 4.14. The lowest BCUT2D eigenvalue weighted by atomic mass is 9.84. The van der Waals surface area contributed by atoms with Gasteiger partial charge >= 0.3 is 5.97 Å². The van der Waals surface area contributed by atoms with Crippen molar-refractivity contribution in [3.05, 3.63) is 76.3 Å². The van der Waals surface area contributed by atoms with E-state index in [4.69, 9.17) is 25.7 Å². The molecule has 2 aromatic carbocycles. The molecule has 156 valence electrons. The minimum atomic E-state index is -0.393. The quantitative estimate of drug-likeness (QED) is 0.400. The second kappa shape index (κ2) is 8.12. The third-order valence-corrected chi connectivity index (χ3v) is 5.85. The van der Waals surface area contributed by atoms with Crippen LogP contribution >= 0.6 is 11.6 Å². The number of hydrogen-bond donors (Lipinski definition) is 0. The maximum atomic E-state index is 13.2. The van der Waals surface area contributed by atoms with Gasteiger partial charge in [-0.05, 0) is 61.1 Å². The number of nitrogens with zero attached hydrogens (tertiary/aromatic N) is 3. The number of para-hydroxylation sites is 1. The molecule has 6 nitrogen and oxygen atoms in total. The van der Waals surface area contributed by atoms with Gasteiger partial charge in [0, 0.05) is 21.7 Å². The highest BCUT2D eigenvalue weighted by atomic mass is 35.5. The van der Waals surface area contributed by atoms with Gasteiger partial charge in [-0.15, -0.1) is 10.2 Å². The third kappa shape index (κ3) is 3.91. The van der Waals surface area contributed by atoms with Gasteiger partial charge in [-0.3, -0.25) is 4.98 Å². The van der Waals surface area contributed by atoms with Gasteiger partial charge in [0.25, 0.3) is 5.89 Å². The molecule has 7 heteroatoms. The fraction of sp³-hybridized carbons (Fsp3) is 0.250. The highest BCUT2D eigenvalue weighted by Gasteiger charge is 2.26. The van der Waals surface area contributed by atoms with E-state index in [0.29, 0.717) is 22.4 Å². The Morgan fingerprint density at radius 3 is 2.81 bits per heavy atom. The predicted octanol–water partition coefficient (Wildman–Crippen LogP) is 5.42. The number of hydrogen-bond acceptors (Lipinski definition) is 6. The Bertz CT molecular complexity index is 1270. The smallest absolute Gasteiger partial charge is 0.339 e. The minimum absolute atomic E-state index is 0.0968. The number of fused-ring (bicyclic) bond motifs is 2. The van der Waals surface area contributed by atoms with Crippen LogP contribution in [0.5, 0.6) is 0 Å². The van der Waals surface area contributed by atoms with Crippen LogP contribution < -0.4 is 0 Å². The van der Waals surface area contributed by atoms with Crippen LogP contribution in [0.1, 0.15) is 40.9 Å². The highest BCUT2D eigenvalue weighted by molar-refractivity contribution is 6.30. The van der Waals surface area contributed by atoms with Gasteiger partial charge in [0.2, 0.25) is 5.89 Å². The SMILES string of the molecule is CC1CCc2nc3ccccc3c(C(=O)OCc3nnc(-c4ccc(Cl)cc4)o3)c2C1. The number of esters is 1. The number of rotatable bonds is 4. The molecule has 0 saturated carbocycles. The lowest BCUT2D eigenvalue weighted by molar-refractivity contribution is 0.0439.